The number of rotatable bonds is 4. The second-order valence-electron chi connectivity index (χ2n) is 9.07. The predicted octanol–water partition coefficient (Wildman–Crippen LogP) is 4.76. The number of ether oxygens (including phenoxy) is 1. The molecule has 0 radical (unpaired) electrons. The molecule has 160 valence electrons. The van der Waals surface area contributed by atoms with Crippen LogP contribution >= 0.6 is 0 Å². The van der Waals surface area contributed by atoms with E-state index in [9.17, 15) is 4.79 Å². The molecule has 0 N–H and O–H groups in total. The number of amides is 1. The van der Waals surface area contributed by atoms with Crippen LogP contribution < -0.4 is 0 Å². The molecule has 4 nitrogen and oxygen atoms in total. The van der Waals surface area contributed by atoms with Gasteiger partial charge in [0, 0.05) is 36.8 Å². The van der Waals surface area contributed by atoms with Gasteiger partial charge in [0.25, 0.3) is 0 Å². The van der Waals surface area contributed by atoms with Gasteiger partial charge in [-0.05, 0) is 35.8 Å². The van der Waals surface area contributed by atoms with Crippen molar-refractivity contribution in [2.75, 3.05) is 26.3 Å². The summed E-state index contributed by atoms with van der Waals surface area (Å²) in [5.41, 5.74) is 2.05. The van der Waals surface area contributed by atoms with Gasteiger partial charge in [0.05, 0.1) is 18.6 Å². The Balaban J connectivity index is 1.39. The van der Waals surface area contributed by atoms with Crippen LogP contribution in [0.2, 0.25) is 0 Å². The van der Waals surface area contributed by atoms with Crippen molar-refractivity contribution in [3.05, 3.63) is 78.1 Å². The Bertz CT molecular complexity index is 1040. The van der Waals surface area contributed by atoms with Crippen molar-refractivity contribution < 1.29 is 9.53 Å². The van der Waals surface area contributed by atoms with Gasteiger partial charge < -0.3 is 9.64 Å². The van der Waals surface area contributed by atoms with Crippen LogP contribution in [0.3, 0.4) is 0 Å². The molecule has 0 spiro atoms. The summed E-state index contributed by atoms with van der Waals surface area (Å²) in [6.45, 7) is 2.72. The van der Waals surface area contributed by atoms with E-state index in [0.29, 0.717) is 25.7 Å². The van der Waals surface area contributed by atoms with Gasteiger partial charge in [-0.25, -0.2) is 0 Å². The monoisotopic (exact) mass is 414 g/mol. The number of aromatic nitrogens is 1. The fourth-order valence-corrected chi connectivity index (χ4v) is 5.51. The lowest BCUT2D eigenvalue weighted by Crippen LogP contribution is -2.47. The van der Waals surface area contributed by atoms with Crippen LogP contribution in [0.5, 0.6) is 0 Å². The second-order valence-corrected chi connectivity index (χ2v) is 9.07. The molecule has 1 aromatic heterocycles. The van der Waals surface area contributed by atoms with Crippen LogP contribution in [-0.4, -0.2) is 42.1 Å². The molecule has 3 aromatic rings. The lowest BCUT2D eigenvalue weighted by molar-refractivity contribution is -0.137. The largest absolute Gasteiger partial charge is 0.379 e. The molecule has 1 saturated heterocycles. The maximum absolute atomic E-state index is 13.9. The first-order chi connectivity index (χ1) is 15.3. The number of benzene rings is 2. The van der Waals surface area contributed by atoms with E-state index in [1.807, 2.05) is 24.5 Å². The van der Waals surface area contributed by atoms with E-state index in [1.165, 1.54) is 16.5 Å². The van der Waals surface area contributed by atoms with Crippen molar-refractivity contribution in [3.8, 4) is 0 Å². The molecule has 2 fully saturated rings. The average molecular weight is 415 g/mol. The molecule has 5 rings (SSSR count). The first-order valence-corrected chi connectivity index (χ1v) is 11.5. The quantitative estimate of drug-likeness (QED) is 0.618. The molecule has 0 unspecified atom stereocenters. The normalized spacial score (nSPS) is 21.2. The fourth-order valence-electron chi connectivity index (χ4n) is 5.51. The molecule has 2 aromatic carbocycles. The van der Waals surface area contributed by atoms with Gasteiger partial charge in [-0.1, -0.05) is 67.4 Å². The predicted molar refractivity (Wildman–Crippen MR) is 123 cm³/mol. The maximum atomic E-state index is 13.9. The van der Waals surface area contributed by atoms with Crippen molar-refractivity contribution in [3.63, 3.8) is 0 Å². The number of carbonyl (C=O) groups is 1. The summed E-state index contributed by atoms with van der Waals surface area (Å²) >= 11 is 0. The summed E-state index contributed by atoms with van der Waals surface area (Å²) in [6.07, 6.45) is 8.91. The molecule has 1 aliphatic carbocycles. The van der Waals surface area contributed by atoms with E-state index in [1.54, 1.807) is 0 Å². The maximum Gasteiger partial charge on any atom is 0.233 e. The number of fused-ring (bicyclic) bond motifs is 1. The molecule has 2 heterocycles. The van der Waals surface area contributed by atoms with Gasteiger partial charge in [0.15, 0.2) is 0 Å². The molecule has 31 heavy (non-hydrogen) atoms. The van der Waals surface area contributed by atoms with E-state index in [2.05, 4.69) is 52.3 Å². The lowest BCUT2D eigenvalue weighted by atomic mass is 9.77. The smallest absolute Gasteiger partial charge is 0.233 e. The molecule has 0 bridgehead atoms. The Morgan fingerprint density at radius 3 is 2.65 bits per heavy atom. The highest BCUT2D eigenvalue weighted by Crippen LogP contribution is 2.43. The zero-order valence-electron chi connectivity index (χ0n) is 18.0. The molecule has 1 saturated carbocycles. The van der Waals surface area contributed by atoms with Gasteiger partial charge in [-0.3, -0.25) is 9.78 Å². The van der Waals surface area contributed by atoms with E-state index >= 15 is 0 Å². The Morgan fingerprint density at radius 2 is 1.81 bits per heavy atom. The first-order valence-electron chi connectivity index (χ1n) is 11.5. The number of hydrogen-bond donors (Lipinski definition) is 0. The van der Waals surface area contributed by atoms with Gasteiger partial charge in [-0.15, -0.1) is 0 Å². The average Bonchev–Trinajstić information content (AvgIpc) is 3.21. The van der Waals surface area contributed by atoms with E-state index in [0.717, 1.165) is 44.0 Å². The van der Waals surface area contributed by atoms with Crippen LogP contribution in [0.1, 0.15) is 36.8 Å². The number of pyridine rings is 1. The Kier molecular flexibility index (Phi) is 5.73. The summed E-state index contributed by atoms with van der Waals surface area (Å²) in [7, 11) is 0. The van der Waals surface area contributed by atoms with Crippen molar-refractivity contribution >= 4 is 16.7 Å². The summed E-state index contributed by atoms with van der Waals surface area (Å²) in [5.74, 6) is 0.566. The van der Waals surface area contributed by atoms with Crippen molar-refractivity contribution in [2.24, 2.45) is 5.92 Å². The summed E-state index contributed by atoms with van der Waals surface area (Å²) < 4.78 is 5.96. The minimum absolute atomic E-state index is 0.272. The first kappa shape index (κ1) is 20.2. The molecule has 1 aliphatic heterocycles. The Labute approximate surface area is 184 Å². The third-order valence-corrected chi connectivity index (χ3v) is 7.08. The Hall–Kier alpha value is -2.72. The Morgan fingerprint density at radius 1 is 1.03 bits per heavy atom. The van der Waals surface area contributed by atoms with Crippen LogP contribution in [0.4, 0.5) is 0 Å². The lowest BCUT2D eigenvalue weighted by Gasteiger charge is -2.35. The van der Waals surface area contributed by atoms with Crippen LogP contribution in [0.15, 0.2) is 67.0 Å². The van der Waals surface area contributed by atoms with Crippen LogP contribution in [0.25, 0.3) is 10.8 Å². The number of nitrogens with zero attached hydrogens (tertiary/aromatic N) is 2. The summed E-state index contributed by atoms with van der Waals surface area (Å²) in [5, 5.41) is 2.41. The molecule has 1 amide bonds. The number of carbonyl (C=O) groups excluding carboxylic acids is 1. The third kappa shape index (κ3) is 3.97. The van der Waals surface area contributed by atoms with Crippen molar-refractivity contribution in [1.29, 1.82) is 0 Å². The topological polar surface area (TPSA) is 42.4 Å². The summed E-state index contributed by atoms with van der Waals surface area (Å²) in [4.78, 5) is 20.5. The molecular formula is C27H30N2O2. The molecule has 2 aliphatic rings. The molecular weight excluding hydrogens is 384 g/mol. The highest BCUT2D eigenvalue weighted by molar-refractivity contribution is 5.89. The van der Waals surface area contributed by atoms with Crippen LogP contribution in [-0.2, 0) is 21.4 Å². The zero-order chi connectivity index (χ0) is 21.1. The van der Waals surface area contributed by atoms with Crippen molar-refractivity contribution in [2.45, 2.75) is 37.5 Å². The van der Waals surface area contributed by atoms with Gasteiger partial charge >= 0.3 is 0 Å². The molecule has 4 heteroatoms. The highest BCUT2D eigenvalue weighted by Gasteiger charge is 2.45. The van der Waals surface area contributed by atoms with Gasteiger partial charge in [0.2, 0.25) is 5.91 Å². The van der Waals surface area contributed by atoms with Crippen LogP contribution in [0, 0.1) is 5.92 Å². The minimum atomic E-state index is -0.364. The zero-order valence-corrected chi connectivity index (χ0v) is 18.0. The standard InChI is InChI=1S/C27H30N2O2/c30-26(27(12-6-7-13-27)24-9-2-1-3-10-24)29-14-15-31-20-21(19-29)16-23-18-28-17-22-8-4-5-11-25(22)23/h1-5,8-11,17-18,21H,6-7,12-16,19-20H2/t21-/m1/s1. The fraction of sp³-hybridized carbons (Fsp3) is 0.407. The van der Waals surface area contributed by atoms with Crippen molar-refractivity contribution in [1.82, 2.24) is 9.88 Å². The number of hydrogen-bond acceptors (Lipinski definition) is 3. The van der Waals surface area contributed by atoms with E-state index in [-0.39, 0.29) is 11.3 Å². The highest BCUT2D eigenvalue weighted by atomic mass is 16.5. The second kappa shape index (κ2) is 8.80. The third-order valence-electron chi connectivity index (χ3n) is 7.08. The van der Waals surface area contributed by atoms with E-state index < -0.39 is 0 Å². The SMILES string of the molecule is O=C(N1CCOC[C@H](Cc2cncc3ccccc23)C1)C1(c2ccccc2)CCCC1. The van der Waals surface area contributed by atoms with Gasteiger partial charge in [0.1, 0.15) is 0 Å². The molecule has 1 atom stereocenters. The van der Waals surface area contributed by atoms with Gasteiger partial charge in [-0.2, -0.15) is 0 Å². The summed E-state index contributed by atoms with van der Waals surface area (Å²) in [6, 6.07) is 18.8. The minimum Gasteiger partial charge on any atom is -0.379 e. The van der Waals surface area contributed by atoms with E-state index in [4.69, 9.17) is 4.74 Å².